The first-order chi connectivity index (χ1) is 8.60. The molecule has 3 N–H and O–H groups in total. The Morgan fingerprint density at radius 2 is 1.89 bits per heavy atom. The number of carbonyl (C=O) groups is 1. The maximum atomic E-state index is 11.7. The van der Waals surface area contributed by atoms with E-state index in [1.165, 1.54) is 12.8 Å². The lowest BCUT2D eigenvalue weighted by Crippen LogP contribution is -2.54. The van der Waals surface area contributed by atoms with E-state index >= 15 is 0 Å². The van der Waals surface area contributed by atoms with Gasteiger partial charge in [0, 0.05) is 26.2 Å². The van der Waals surface area contributed by atoms with Crippen LogP contribution in [0.1, 0.15) is 25.7 Å². The van der Waals surface area contributed by atoms with Gasteiger partial charge in [-0.25, -0.2) is 0 Å². The molecule has 1 aliphatic carbocycles. The average Bonchev–Trinajstić information content (AvgIpc) is 2.37. The normalized spacial score (nSPS) is 24.8. The van der Waals surface area contributed by atoms with E-state index in [0.29, 0.717) is 11.9 Å². The second-order valence-electron chi connectivity index (χ2n) is 4.83. The van der Waals surface area contributed by atoms with Crippen molar-refractivity contribution in [3.63, 3.8) is 0 Å². The maximum Gasteiger partial charge on any atom is 0.288 e. The summed E-state index contributed by atoms with van der Waals surface area (Å²) in [6, 6.07) is 0.726. The van der Waals surface area contributed by atoms with E-state index in [9.17, 15) is 4.79 Å². The number of hydrogen-bond donors (Lipinski definition) is 3. The summed E-state index contributed by atoms with van der Waals surface area (Å²) >= 11 is 0. The molecule has 1 fully saturated rings. The summed E-state index contributed by atoms with van der Waals surface area (Å²) in [5, 5.41) is 9.88. The van der Waals surface area contributed by atoms with Gasteiger partial charge in [-0.3, -0.25) is 4.79 Å². The van der Waals surface area contributed by atoms with Crippen molar-refractivity contribution in [3.8, 4) is 0 Å². The molecule has 1 amide bonds. The molecule has 0 unspecified atom stereocenters. The van der Waals surface area contributed by atoms with Crippen molar-refractivity contribution in [1.29, 1.82) is 0 Å². The molecule has 1 aliphatic rings. The molecule has 0 radical (unpaired) electrons. The van der Waals surface area contributed by atoms with Crippen LogP contribution in [0.4, 0.5) is 0 Å². The fourth-order valence-corrected chi connectivity index (χ4v) is 2.45. The second kappa shape index (κ2) is 7.20. The van der Waals surface area contributed by atoms with E-state index in [-0.39, 0.29) is 11.9 Å². The quantitative estimate of drug-likeness (QED) is 0.369. The maximum absolute atomic E-state index is 11.7. The molecule has 1 rings (SSSR count). The monoisotopic (exact) mass is 255 g/mol. The molecule has 104 valence electrons. The van der Waals surface area contributed by atoms with Crippen LogP contribution in [0.15, 0.2) is 5.10 Å². The lowest BCUT2D eigenvalue weighted by Gasteiger charge is -2.37. The average molecular weight is 255 g/mol. The number of rotatable bonds is 3. The van der Waals surface area contributed by atoms with E-state index < -0.39 is 0 Å². The van der Waals surface area contributed by atoms with Gasteiger partial charge in [-0.2, -0.15) is 5.10 Å². The summed E-state index contributed by atoms with van der Waals surface area (Å²) in [6.07, 6.45) is 4.68. The van der Waals surface area contributed by atoms with Gasteiger partial charge < -0.3 is 21.0 Å². The van der Waals surface area contributed by atoms with Crippen molar-refractivity contribution in [1.82, 2.24) is 21.0 Å². The minimum absolute atomic E-state index is 0.188. The summed E-state index contributed by atoms with van der Waals surface area (Å²) in [4.78, 5) is 13.9. The van der Waals surface area contributed by atoms with Gasteiger partial charge in [-0.15, -0.1) is 0 Å². The zero-order valence-electron chi connectivity index (χ0n) is 11.8. The van der Waals surface area contributed by atoms with Crippen LogP contribution >= 0.6 is 0 Å². The van der Waals surface area contributed by atoms with E-state index in [2.05, 4.69) is 40.2 Å². The highest BCUT2D eigenvalue weighted by molar-refractivity contribution is 6.37. The van der Waals surface area contributed by atoms with Crippen LogP contribution in [0.2, 0.25) is 0 Å². The Kier molecular flexibility index (Phi) is 5.91. The Labute approximate surface area is 109 Å². The Hall–Kier alpha value is -1.30. The lowest BCUT2D eigenvalue weighted by molar-refractivity contribution is -0.114. The minimum Gasteiger partial charge on any atom is -0.360 e. The highest BCUT2D eigenvalue weighted by Crippen LogP contribution is 2.21. The first-order valence-electron chi connectivity index (χ1n) is 6.49. The first-order valence-corrected chi connectivity index (χ1v) is 6.49. The van der Waals surface area contributed by atoms with Gasteiger partial charge in [0.25, 0.3) is 5.91 Å². The fourth-order valence-electron chi connectivity index (χ4n) is 2.45. The van der Waals surface area contributed by atoms with E-state index in [0.717, 1.165) is 12.8 Å². The molecule has 0 saturated heterocycles. The molecule has 0 spiro atoms. The van der Waals surface area contributed by atoms with Crippen LogP contribution in [-0.4, -0.2) is 56.9 Å². The Bertz CT molecular complexity index is 303. The van der Waals surface area contributed by atoms with Crippen LogP contribution in [0.3, 0.4) is 0 Å². The number of hydrazone groups is 1. The lowest BCUT2D eigenvalue weighted by atomic mass is 9.89. The van der Waals surface area contributed by atoms with Gasteiger partial charge in [-0.05, 0) is 26.9 Å². The van der Waals surface area contributed by atoms with E-state index in [1.807, 2.05) is 0 Å². The molecule has 1 saturated carbocycles. The summed E-state index contributed by atoms with van der Waals surface area (Å²) in [5.74, 6) is 0.172. The summed E-state index contributed by atoms with van der Waals surface area (Å²) in [7, 11) is 7.47. The van der Waals surface area contributed by atoms with Crippen molar-refractivity contribution in [2.75, 3.05) is 28.2 Å². The van der Waals surface area contributed by atoms with Crippen LogP contribution in [0, 0.1) is 0 Å². The predicted octanol–water partition coefficient (Wildman–Crippen LogP) is -0.272. The number of nitrogens with zero attached hydrogens (tertiary/aromatic N) is 2. The molecule has 2 atom stereocenters. The van der Waals surface area contributed by atoms with Gasteiger partial charge in [0.2, 0.25) is 5.84 Å². The van der Waals surface area contributed by atoms with Gasteiger partial charge in [0.15, 0.2) is 0 Å². The number of carbonyl (C=O) groups excluding carboxylic acids is 1. The third-order valence-corrected chi connectivity index (χ3v) is 3.38. The molecular weight excluding hydrogens is 230 g/mol. The smallest absolute Gasteiger partial charge is 0.288 e. The van der Waals surface area contributed by atoms with Gasteiger partial charge in [0.05, 0.1) is 0 Å². The summed E-state index contributed by atoms with van der Waals surface area (Å²) in [5.41, 5.74) is 2.67. The Balaban J connectivity index is 2.72. The van der Waals surface area contributed by atoms with Gasteiger partial charge in [-0.1, -0.05) is 12.8 Å². The number of hydrogen-bond acceptors (Lipinski definition) is 4. The number of likely N-dealkylation sites (N-methyl/N-ethyl adjacent to an activating group) is 2. The van der Waals surface area contributed by atoms with Crippen LogP contribution in [-0.2, 0) is 4.79 Å². The fraction of sp³-hybridized carbons (Fsp3) is 0.833. The highest BCUT2D eigenvalue weighted by Gasteiger charge is 2.28. The SMILES string of the molecule is CN/N=C(/N[C@@H]1CCCC[C@@H]1N(C)C)C(=O)NC. The topological polar surface area (TPSA) is 68.8 Å². The van der Waals surface area contributed by atoms with Crippen molar-refractivity contribution in [3.05, 3.63) is 0 Å². The molecule has 0 aromatic carbocycles. The number of nitrogens with one attached hydrogen (secondary N) is 3. The van der Waals surface area contributed by atoms with Crippen molar-refractivity contribution < 1.29 is 4.79 Å². The van der Waals surface area contributed by atoms with Crippen LogP contribution in [0.25, 0.3) is 0 Å². The largest absolute Gasteiger partial charge is 0.360 e. The van der Waals surface area contributed by atoms with Crippen molar-refractivity contribution in [2.45, 2.75) is 37.8 Å². The van der Waals surface area contributed by atoms with E-state index in [1.54, 1.807) is 14.1 Å². The molecular formula is C12H25N5O. The van der Waals surface area contributed by atoms with Crippen LogP contribution in [0.5, 0.6) is 0 Å². The standard InChI is InChI=1S/C12H25N5O/c1-13-12(18)11(16-14-2)15-9-7-5-6-8-10(9)17(3)4/h9-10,14H,5-8H2,1-4H3,(H,13,18)(H,15,16)/t9-,10+/m1/s1. The van der Waals surface area contributed by atoms with Gasteiger partial charge in [0.1, 0.15) is 0 Å². The molecule has 0 heterocycles. The summed E-state index contributed by atoms with van der Waals surface area (Å²) < 4.78 is 0. The molecule has 18 heavy (non-hydrogen) atoms. The third-order valence-electron chi connectivity index (χ3n) is 3.38. The molecule has 6 nitrogen and oxygen atoms in total. The zero-order chi connectivity index (χ0) is 13.5. The molecule has 0 aliphatic heterocycles. The Morgan fingerprint density at radius 1 is 1.22 bits per heavy atom. The second-order valence-corrected chi connectivity index (χ2v) is 4.83. The van der Waals surface area contributed by atoms with Crippen molar-refractivity contribution >= 4 is 11.7 Å². The molecule has 0 aromatic rings. The highest BCUT2D eigenvalue weighted by atomic mass is 16.2. The number of amidine groups is 1. The van der Waals surface area contributed by atoms with Gasteiger partial charge >= 0.3 is 0 Å². The van der Waals surface area contributed by atoms with Crippen LogP contribution < -0.4 is 16.1 Å². The molecule has 0 aromatic heterocycles. The van der Waals surface area contributed by atoms with E-state index in [4.69, 9.17) is 0 Å². The minimum atomic E-state index is -0.188. The summed E-state index contributed by atoms with van der Waals surface area (Å²) in [6.45, 7) is 0. The molecule has 0 bridgehead atoms. The van der Waals surface area contributed by atoms with Crippen molar-refractivity contribution in [2.24, 2.45) is 5.10 Å². The first kappa shape index (κ1) is 14.8. The number of amides is 1. The zero-order valence-corrected chi connectivity index (χ0v) is 11.8. The molecule has 6 heteroatoms. The Morgan fingerprint density at radius 3 is 2.44 bits per heavy atom. The predicted molar refractivity (Wildman–Crippen MR) is 73.4 cm³/mol. The third kappa shape index (κ3) is 3.87.